The molecule has 2 N–H and O–H groups in total. The van der Waals surface area contributed by atoms with Crippen LogP contribution in [0.4, 0.5) is 4.79 Å². The molecule has 0 aliphatic heterocycles. The van der Waals surface area contributed by atoms with E-state index in [9.17, 15) is 4.79 Å². The first kappa shape index (κ1) is 5.56. The van der Waals surface area contributed by atoms with Crippen LogP contribution in [0.5, 0.6) is 0 Å². The minimum Gasteiger partial charge on any atom is -0.348 e. The highest BCUT2D eigenvalue weighted by Gasteiger charge is 1.78. The summed E-state index contributed by atoms with van der Waals surface area (Å²) in [6.45, 7) is 0. The Hall–Kier alpha value is -1.44. The fourth-order valence-corrected chi connectivity index (χ4v) is 0.0716. The van der Waals surface area contributed by atoms with Gasteiger partial charge in [-0.1, -0.05) is 10.2 Å². The molecule has 5 heteroatoms. The number of carbonyl (C=O) groups is 1. The van der Waals surface area contributed by atoms with Gasteiger partial charge in [-0.05, 0) is 0 Å². The number of azo groups is 1. The van der Waals surface area contributed by atoms with Gasteiger partial charge < -0.3 is 5.73 Å². The van der Waals surface area contributed by atoms with E-state index in [1.165, 1.54) is 6.19 Å². The number of primary amides is 1. The Balaban J connectivity index is 3.53. The first-order valence-electron chi connectivity index (χ1n) is 1.36. The molecule has 0 spiro atoms. The van der Waals surface area contributed by atoms with Crippen molar-refractivity contribution in [2.75, 3.05) is 0 Å². The molecule has 2 amide bonds. The fourth-order valence-electron chi connectivity index (χ4n) is 0.0716. The summed E-state index contributed by atoms with van der Waals surface area (Å²) in [6, 6.07) is -0.957. The predicted molar refractivity (Wildman–Crippen MR) is 20.1 cm³/mol. The first-order chi connectivity index (χ1) is 3.27. The molecule has 36 valence electrons. The number of hydrogen-bond donors (Lipinski definition) is 1. The van der Waals surface area contributed by atoms with Gasteiger partial charge in [0.2, 0.25) is 6.19 Å². The summed E-state index contributed by atoms with van der Waals surface area (Å²) in [5.74, 6) is 0. The molecule has 0 aromatic heterocycles. The molecule has 0 atom stereocenters. The van der Waals surface area contributed by atoms with Crippen LogP contribution in [0.1, 0.15) is 0 Å². The topological polar surface area (TPSA) is 91.6 Å². The average Bonchev–Trinajstić information content (AvgIpc) is 1.61. The molecule has 0 saturated carbocycles. The van der Waals surface area contributed by atoms with E-state index in [4.69, 9.17) is 5.26 Å². The number of amides is 2. The van der Waals surface area contributed by atoms with Crippen LogP contribution < -0.4 is 5.73 Å². The van der Waals surface area contributed by atoms with Crippen LogP contribution in [0, 0.1) is 11.5 Å². The number of carbonyl (C=O) groups excluding carboxylic acids is 1. The van der Waals surface area contributed by atoms with Crippen molar-refractivity contribution in [3.05, 3.63) is 0 Å². The molecule has 0 unspecified atom stereocenters. The standard InChI is InChI=1S/C2H2N4O/c3-1-5-6-2(4)7/h(H2,4,7). The lowest BCUT2D eigenvalue weighted by atomic mass is 11.2. The predicted octanol–water partition coefficient (Wildman–Crippen LogP) is -0.00162. The molecule has 0 aliphatic rings. The van der Waals surface area contributed by atoms with Gasteiger partial charge in [0.15, 0.2) is 0 Å². The van der Waals surface area contributed by atoms with E-state index in [0.717, 1.165) is 0 Å². The van der Waals surface area contributed by atoms with Gasteiger partial charge in [-0.2, -0.15) is 5.26 Å². The number of nitrogens with two attached hydrogens (primary N) is 1. The normalized spacial score (nSPS) is 8.43. The lowest BCUT2D eigenvalue weighted by Crippen LogP contribution is -2.01. The number of urea groups is 1. The molecule has 0 radical (unpaired) electrons. The second-order valence-corrected chi connectivity index (χ2v) is 0.638. The monoisotopic (exact) mass is 98.0 g/mol. The summed E-state index contributed by atoms with van der Waals surface area (Å²) in [6.07, 6.45) is 1.26. The fraction of sp³-hybridized carbons (Fsp3) is 0. The third kappa shape index (κ3) is 4.56. The van der Waals surface area contributed by atoms with Crippen LogP contribution in [0.2, 0.25) is 0 Å². The summed E-state index contributed by atoms with van der Waals surface area (Å²) in [4.78, 5) is 9.57. The molecule has 0 aromatic rings. The van der Waals surface area contributed by atoms with Crippen LogP contribution in [-0.2, 0) is 0 Å². The van der Waals surface area contributed by atoms with Crippen LogP contribution in [0.25, 0.3) is 0 Å². The van der Waals surface area contributed by atoms with Crippen molar-refractivity contribution in [2.24, 2.45) is 16.0 Å². The van der Waals surface area contributed by atoms with E-state index < -0.39 is 6.03 Å². The second-order valence-electron chi connectivity index (χ2n) is 0.638. The summed E-state index contributed by atoms with van der Waals surface area (Å²) in [5.41, 5.74) is 4.43. The number of hydrogen-bond acceptors (Lipinski definition) is 3. The zero-order chi connectivity index (χ0) is 5.70. The Morgan fingerprint density at radius 2 is 2.43 bits per heavy atom. The van der Waals surface area contributed by atoms with Crippen molar-refractivity contribution in [3.8, 4) is 6.19 Å². The molecular weight excluding hydrogens is 96.0 g/mol. The van der Waals surface area contributed by atoms with Crippen LogP contribution in [0.15, 0.2) is 10.2 Å². The largest absolute Gasteiger partial charge is 0.357 e. The maximum Gasteiger partial charge on any atom is 0.357 e. The van der Waals surface area contributed by atoms with Crippen molar-refractivity contribution in [2.45, 2.75) is 0 Å². The Bertz CT molecular complexity index is 131. The molecule has 0 aromatic carbocycles. The lowest BCUT2D eigenvalue weighted by molar-refractivity contribution is 0.255. The van der Waals surface area contributed by atoms with Gasteiger partial charge in [0, 0.05) is 0 Å². The third-order valence-electron chi connectivity index (χ3n) is 0.193. The van der Waals surface area contributed by atoms with Crippen molar-refractivity contribution in [3.63, 3.8) is 0 Å². The maximum atomic E-state index is 9.57. The van der Waals surface area contributed by atoms with Crippen molar-refractivity contribution in [1.29, 1.82) is 5.26 Å². The molecule has 0 saturated heterocycles. The Morgan fingerprint density at radius 3 is 2.57 bits per heavy atom. The second kappa shape index (κ2) is 2.78. The minimum absolute atomic E-state index is 0.957. The smallest absolute Gasteiger partial charge is 0.348 e. The van der Waals surface area contributed by atoms with Gasteiger partial charge in [0.1, 0.15) is 0 Å². The average molecular weight is 98.1 g/mol. The lowest BCUT2D eigenvalue weighted by Gasteiger charge is -1.67. The van der Waals surface area contributed by atoms with E-state index in [2.05, 4.69) is 16.0 Å². The van der Waals surface area contributed by atoms with E-state index in [-0.39, 0.29) is 0 Å². The Kier molecular flexibility index (Phi) is 2.21. The number of rotatable bonds is 0. The highest BCUT2D eigenvalue weighted by molar-refractivity contribution is 5.71. The molecule has 0 aliphatic carbocycles. The molecule has 5 nitrogen and oxygen atoms in total. The third-order valence-corrected chi connectivity index (χ3v) is 0.193. The van der Waals surface area contributed by atoms with Crippen molar-refractivity contribution >= 4 is 6.03 Å². The van der Waals surface area contributed by atoms with Crippen molar-refractivity contribution in [1.82, 2.24) is 0 Å². The Morgan fingerprint density at radius 1 is 1.86 bits per heavy atom. The van der Waals surface area contributed by atoms with Gasteiger partial charge in [-0.3, -0.25) is 0 Å². The summed E-state index contributed by atoms with van der Waals surface area (Å²) in [7, 11) is 0. The Labute approximate surface area is 39.4 Å². The van der Waals surface area contributed by atoms with Gasteiger partial charge in [0.25, 0.3) is 0 Å². The van der Waals surface area contributed by atoms with Gasteiger partial charge in [-0.25, -0.2) is 4.79 Å². The highest BCUT2D eigenvalue weighted by Crippen LogP contribution is 1.67. The highest BCUT2D eigenvalue weighted by atomic mass is 16.2. The molecule has 0 heterocycles. The SMILES string of the molecule is N#CN=NC(N)=O. The molecule has 7 heavy (non-hydrogen) atoms. The number of nitriles is 1. The summed E-state index contributed by atoms with van der Waals surface area (Å²) < 4.78 is 0. The quantitative estimate of drug-likeness (QED) is 0.341. The summed E-state index contributed by atoms with van der Waals surface area (Å²) >= 11 is 0. The van der Waals surface area contributed by atoms with Gasteiger partial charge >= 0.3 is 6.03 Å². The summed E-state index contributed by atoms with van der Waals surface area (Å²) in [5, 5.41) is 12.9. The minimum atomic E-state index is -0.957. The maximum absolute atomic E-state index is 9.57. The van der Waals surface area contributed by atoms with E-state index in [0.29, 0.717) is 0 Å². The van der Waals surface area contributed by atoms with E-state index in [1.807, 2.05) is 0 Å². The number of nitrogens with zero attached hydrogens (tertiary/aromatic N) is 3. The van der Waals surface area contributed by atoms with Crippen molar-refractivity contribution < 1.29 is 4.79 Å². The van der Waals surface area contributed by atoms with Crippen LogP contribution in [0.3, 0.4) is 0 Å². The zero-order valence-electron chi connectivity index (χ0n) is 3.33. The van der Waals surface area contributed by atoms with E-state index in [1.54, 1.807) is 0 Å². The molecular formula is C2H2N4O. The molecule has 0 rings (SSSR count). The van der Waals surface area contributed by atoms with Gasteiger partial charge in [0.05, 0.1) is 0 Å². The van der Waals surface area contributed by atoms with Gasteiger partial charge in [-0.15, -0.1) is 0 Å². The van der Waals surface area contributed by atoms with Crippen LogP contribution in [-0.4, -0.2) is 6.03 Å². The molecule has 0 fully saturated rings. The zero-order valence-corrected chi connectivity index (χ0v) is 3.33. The first-order valence-corrected chi connectivity index (χ1v) is 1.36. The van der Waals surface area contributed by atoms with Crippen LogP contribution >= 0.6 is 0 Å². The molecule has 0 bridgehead atoms. The van der Waals surface area contributed by atoms with E-state index >= 15 is 0 Å².